The van der Waals surface area contributed by atoms with Crippen LogP contribution in [0, 0.1) is 6.92 Å². The van der Waals surface area contributed by atoms with E-state index >= 15 is 0 Å². The number of aryl methyl sites for hydroxylation is 4. The molecule has 2 aromatic rings. The van der Waals surface area contributed by atoms with Gasteiger partial charge in [-0.3, -0.25) is 0 Å². The molecule has 0 unspecified atom stereocenters. The maximum Gasteiger partial charge on any atom is 0.345 e. The molecule has 2 rings (SSSR count). The Balaban J connectivity index is 2.69. The number of aromatic carboxylic acids is 1. The Morgan fingerprint density at radius 3 is 2.00 bits per heavy atom. The highest BCUT2D eigenvalue weighted by atomic mass is 32.1. The van der Waals surface area contributed by atoms with Crippen LogP contribution in [0.3, 0.4) is 0 Å². The molecule has 1 aromatic carbocycles. The monoisotopic (exact) mass is 302 g/mol. The van der Waals surface area contributed by atoms with Crippen molar-refractivity contribution in [3.05, 3.63) is 45.3 Å². The highest BCUT2D eigenvalue weighted by Gasteiger charge is 2.17. The van der Waals surface area contributed by atoms with Crippen LogP contribution in [-0.2, 0) is 19.3 Å². The average Bonchev–Trinajstić information content (AvgIpc) is 2.87. The molecule has 0 saturated heterocycles. The molecule has 21 heavy (non-hydrogen) atoms. The zero-order chi connectivity index (χ0) is 15.6. The molecule has 0 bridgehead atoms. The molecular weight excluding hydrogens is 280 g/mol. The molecule has 1 heterocycles. The summed E-state index contributed by atoms with van der Waals surface area (Å²) in [4.78, 5) is 12.8. The smallest absolute Gasteiger partial charge is 0.345 e. The molecule has 1 aromatic heterocycles. The van der Waals surface area contributed by atoms with E-state index in [9.17, 15) is 9.90 Å². The van der Waals surface area contributed by atoms with Gasteiger partial charge in [-0.1, -0.05) is 32.9 Å². The van der Waals surface area contributed by atoms with Crippen LogP contribution in [0.25, 0.3) is 10.4 Å². The lowest BCUT2D eigenvalue weighted by Crippen LogP contribution is -1.97. The van der Waals surface area contributed by atoms with Gasteiger partial charge in [-0.2, -0.15) is 0 Å². The molecule has 1 N–H and O–H groups in total. The number of thiophene rings is 1. The van der Waals surface area contributed by atoms with Crippen LogP contribution in [0.4, 0.5) is 0 Å². The third kappa shape index (κ3) is 3.03. The highest BCUT2D eigenvalue weighted by Crippen LogP contribution is 2.38. The van der Waals surface area contributed by atoms with Gasteiger partial charge in [0, 0.05) is 4.88 Å². The van der Waals surface area contributed by atoms with Crippen LogP contribution < -0.4 is 0 Å². The molecule has 0 radical (unpaired) electrons. The molecule has 0 aliphatic heterocycles. The molecule has 112 valence electrons. The summed E-state index contributed by atoms with van der Waals surface area (Å²) in [7, 11) is 0. The van der Waals surface area contributed by atoms with Gasteiger partial charge in [0.25, 0.3) is 0 Å². The fourth-order valence-electron chi connectivity index (χ4n) is 2.73. The first-order valence-electron chi connectivity index (χ1n) is 7.50. The lowest BCUT2D eigenvalue weighted by atomic mass is 9.91. The molecule has 3 heteroatoms. The minimum absolute atomic E-state index is 0.422. The van der Waals surface area contributed by atoms with Gasteiger partial charge in [0.15, 0.2) is 0 Å². The van der Waals surface area contributed by atoms with Gasteiger partial charge in [0.2, 0.25) is 0 Å². The quantitative estimate of drug-likeness (QED) is 0.833. The summed E-state index contributed by atoms with van der Waals surface area (Å²) >= 11 is 1.39. The topological polar surface area (TPSA) is 37.3 Å². The number of carbonyl (C=O) groups is 1. The minimum Gasteiger partial charge on any atom is -0.477 e. The number of benzene rings is 1. The first kappa shape index (κ1) is 15.8. The van der Waals surface area contributed by atoms with E-state index in [4.69, 9.17) is 0 Å². The van der Waals surface area contributed by atoms with Crippen molar-refractivity contribution in [1.82, 2.24) is 0 Å². The van der Waals surface area contributed by atoms with Gasteiger partial charge in [-0.05, 0) is 60.1 Å². The summed E-state index contributed by atoms with van der Waals surface area (Å²) in [5, 5.41) is 9.22. The van der Waals surface area contributed by atoms with E-state index in [0.29, 0.717) is 4.88 Å². The summed E-state index contributed by atoms with van der Waals surface area (Å²) in [5.41, 5.74) is 6.33. The number of carboxylic acid groups (broad SMARTS) is 1. The molecular formula is C18H22O2S. The number of rotatable bonds is 5. The fourth-order valence-corrected chi connectivity index (χ4v) is 3.86. The lowest BCUT2D eigenvalue weighted by molar-refractivity contribution is 0.0702. The maximum absolute atomic E-state index is 11.2. The molecule has 0 atom stereocenters. The zero-order valence-electron chi connectivity index (χ0n) is 13.1. The van der Waals surface area contributed by atoms with Crippen molar-refractivity contribution in [1.29, 1.82) is 0 Å². The summed E-state index contributed by atoms with van der Waals surface area (Å²) in [6, 6.07) is 6.33. The third-order valence-electron chi connectivity index (χ3n) is 3.89. The Morgan fingerprint density at radius 2 is 1.62 bits per heavy atom. The van der Waals surface area contributed by atoms with E-state index in [0.717, 1.165) is 29.7 Å². The van der Waals surface area contributed by atoms with Crippen LogP contribution in [0.5, 0.6) is 0 Å². The Bertz CT molecular complexity index is 643. The van der Waals surface area contributed by atoms with Gasteiger partial charge in [-0.25, -0.2) is 4.79 Å². The van der Waals surface area contributed by atoms with Crippen LogP contribution in [0.2, 0.25) is 0 Å². The second-order valence-electron chi connectivity index (χ2n) is 5.28. The summed E-state index contributed by atoms with van der Waals surface area (Å²) in [6.45, 7) is 8.51. The first-order valence-corrected chi connectivity index (χ1v) is 8.32. The van der Waals surface area contributed by atoms with Crippen LogP contribution >= 0.6 is 11.3 Å². The number of hydrogen-bond donors (Lipinski definition) is 1. The van der Waals surface area contributed by atoms with E-state index in [1.165, 1.54) is 33.6 Å². The fraction of sp³-hybridized carbons (Fsp3) is 0.389. The van der Waals surface area contributed by atoms with Crippen molar-refractivity contribution in [2.75, 3.05) is 0 Å². The third-order valence-corrected chi connectivity index (χ3v) is 5.13. The van der Waals surface area contributed by atoms with Crippen molar-refractivity contribution in [3.8, 4) is 10.4 Å². The van der Waals surface area contributed by atoms with Gasteiger partial charge in [-0.15, -0.1) is 11.3 Å². The van der Waals surface area contributed by atoms with Crippen molar-refractivity contribution < 1.29 is 9.90 Å². The lowest BCUT2D eigenvalue weighted by Gasteiger charge is -2.15. The molecule has 0 aliphatic rings. The average molecular weight is 302 g/mol. The van der Waals surface area contributed by atoms with Crippen molar-refractivity contribution in [2.45, 2.75) is 47.0 Å². The Morgan fingerprint density at radius 1 is 1.05 bits per heavy atom. The van der Waals surface area contributed by atoms with Crippen LogP contribution in [-0.4, -0.2) is 11.1 Å². The van der Waals surface area contributed by atoms with Crippen LogP contribution in [0.15, 0.2) is 18.2 Å². The summed E-state index contributed by atoms with van der Waals surface area (Å²) in [6.07, 6.45) is 2.97. The van der Waals surface area contributed by atoms with Crippen molar-refractivity contribution in [2.24, 2.45) is 0 Å². The maximum atomic E-state index is 11.2. The van der Waals surface area contributed by atoms with E-state index in [1.807, 2.05) is 6.92 Å². The predicted molar refractivity (Wildman–Crippen MR) is 89.6 cm³/mol. The van der Waals surface area contributed by atoms with Crippen molar-refractivity contribution in [3.63, 3.8) is 0 Å². The molecule has 0 amide bonds. The number of hydrogen-bond acceptors (Lipinski definition) is 2. The second kappa shape index (κ2) is 6.44. The first-order chi connectivity index (χ1) is 10.0. The van der Waals surface area contributed by atoms with Gasteiger partial charge in [0.1, 0.15) is 4.88 Å². The summed E-state index contributed by atoms with van der Waals surface area (Å²) < 4.78 is 0. The minimum atomic E-state index is -0.837. The molecule has 0 spiro atoms. The molecule has 2 nitrogen and oxygen atoms in total. The van der Waals surface area contributed by atoms with E-state index in [2.05, 4.69) is 32.9 Å². The Labute approximate surface area is 130 Å². The largest absolute Gasteiger partial charge is 0.477 e. The van der Waals surface area contributed by atoms with Crippen molar-refractivity contribution >= 4 is 17.3 Å². The zero-order valence-corrected chi connectivity index (χ0v) is 13.9. The second-order valence-corrected chi connectivity index (χ2v) is 6.33. The molecule has 0 aliphatic carbocycles. The predicted octanol–water partition coefficient (Wildman–Crippen LogP) is 5.11. The van der Waals surface area contributed by atoms with E-state index < -0.39 is 5.97 Å². The van der Waals surface area contributed by atoms with E-state index in [-0.39, 0.29) is 0 Å². The Hall–Kier alpha value is -1.61. The molecule has 0 fully saturated rings. The van der Waals surface area contributed by atoms with Gasteiger partial charge < -0.3 is 5.11 Å². The summed E-state index contributed by atoms with van der Waals surface area (Å²) in [5.74, 6) is -0.837. The van der Waals surface area contributed by atoms with Crippen LogP contribution in [0.1, 0.15) is 52.7 Å². The highest BCUT2D eigenvalue weighted by molar-refractivity contribution is 7.17. The van der Waals surface area contributed by atoms with Gasteiger partial charge in [0.05, 0.1) is 0 Å². The Kier molecular flexibility index (Phi) is 4.84. The SMILES string of the molecule is CCc1cc(CC)c(-c2sc(C(=O)O)cc2C)c(CC)c1. The van der Waals surface area contributed by atoms with Gasteiger partial charge >= 0.3 is 5.97 Å². The normalized spacial score (nSPS) is 10.9. The standard InChI is InChI=1S/C18H22O2S/c1-5-12-9-13(6-2)16(14(7-3)10-12)17-11(4)8-15(21-17)18(19)20/h8-10H,5-7H2,1-4H3,(H,19,20). The van der Waals surface area contributed by atoms with E-state index in [1.54, 1.807) is 6.07 Å². The molecule has 0 saturated carbocycles. The number of carboxylic acids is 1.